The van der Waals surface area contributed by atoms with Crippen molar-refractivity contribution in [3.63, 3.8) is 0 Å². The van der Waals surface area contributed by atoms with Crippen LogP contribution >= 0.6 is 11.3 Å². The molecule has 1 heterocycles. The standard InChI is InChI=1S/C26H27FN2O3S/c1-32-22-14-8-18(9-15-22)25(26(31)28-20-5-2-3-6-20)29(21-12-10-19(27)11-13-21)24(30)17-23-7-4-16-33-23/h4,7-16,20,25H,2-3,5-6,17H2,1H3,(H,28,31)/t25-/m0/s1. The number of methoxy groups -OCH3 is 1. The normalized spacial score (nSPS) is 14.6. The van der Waals surface area contributed by atoms with Gasteiger partial charge in [-0.1, -0.05) is 31.0 Å². The second-order valence-electron chi connectivity index (χ2n) is 8.16. The van der Waals surface area contributed by atoms with Crippen molar-refractivity contribution in [1.29, 1.82) is 0 Å². The number of anilines is 1. The van der Waals surface area contributed by atoms with Crippen molar-refractivity contribution in [1.82, 2.24) is 5.32 Å². The molecule has 172 valence electrons. The average molecular weight is 467 g/mol. The van der Waals surface area contributed by atoms with E-state index in [4.69, 9.17) is 4.74 Å². The molecule has 1 aromatic heterocycles. The number of carbonyl (C=O) groups excluding carboxylic acids is 2. The highest BCUT2D eigenvalue weighted by molar-refractivity contribution is 7.10. The minimum absolute atomic E-state index is 0.0979. The van der Waals surface area contributed by atoms with Gasteiger partial charge in [0.2, 0.25) is 11.8 Å². The van der Waals surface area contributed by atoms with Crippen molar-refractivity contribution in [2.75, 3.05) is 12.0 Å². The molecule has 0 bridgehead atoms. The maximum Gasteiger partial charge on any atom is 0.248 e. The van der Waals surface area contributed by atoms with Gasteiger partial charge in [-0.2, -0.15) is 0 Å². The zero-order chi connectivity index (χ0) is 23.2. The van der Waals surface area contributed by atoms with E-state index in [0.717, 1.165) is 30.6 Å². The second-order valence-corrected chi connectivity index (χ2v) is 9.19. The summed E-state index contributed by atoms with van der Waals surface area (Å²) in [7, 11) is 1.58. The lowest BCUT2D eigenvalue weighted by atomic mass is 10.0. The van der Waals surface area contributed by atoms with Crippen LogP contribution in [0.4, 0.5) is 10.1 Å². The monoisotopic (exact) mass is 466 g/mol. The molecule has 1 atom stereocenters. The molecule has 4 rings (SSSR count). The molecule has 2 aromatic carbocycles. The second kappa shape index (κ2) is 10.6. The molecule has 33 heavy (non-hydrogen) atoms. The van der Waals surface area contributed by atoms with Crippen LogP contribution in [0.25, 0.3) is 0 Å². The van der Waals surface area contributed by atoms with Crippen molar-refractivity contribution in [3.05, 3.63) is 82.3 Å². The van der Waals surface area contributed by atoms with Gasteiger partial charge in [0.25, 0.3) is 0 Å². The lowest BCUT2D eigenvalue weighted by Gasteiger charge is -2.32. The molecule has 1 aliphatic carbocycles. The van der Waals surface area contributed by atoms with E-state index in [9.17, 15) is 14.0 Å². The molecular formula is C26H27FN2O3S. The molecular weight excluding hydrogens is 439 g/mol. The molecule has 1 saturated carbocycles. The maximum atomic E-state index is 13.7. The van der Waals surface area contributed by atoms with E-state index in [-0.39, 0.29) is 24.3 Å². The van der Waals surface area contributed by atoms with Crippen LogP contribution in [0.5, 0.6) is 5.75 Å². The predicted molar refractivity (Wildman–Crippen MR) is 128 cm³/mol. The van der Waals surface area contributed by atoms with Crippen LogP contribution in [0, 0.1) is 5.82 Å². The van der Waals surface area contributed by atoms with Gasteiger partial charge < -0.3 is 10.1 Å². The Kier molecular flexibility index (Phi) is 7.40. The number of hydrogen-bond acceptors (Lipinski definition) is 4. The Hall–Kier alpha value is -3.19. The number of thiophene rings is 1. The zero-order valence-corrected chi connectivity index (χ0v) is 19.3. The van der Waals surface area contributed by atoms with Crippen molar-refractivity contribution in [2.24, 2.45) is 0 Å². The fourth-order valence-electron chi connectivity index (χ4n) is 4.24. The summed E-state index contributed by atoms with van der Waals surface area (Å²) in [5.41, 5.74) is 1.13. The molecule has 2 amide bonds. The highest BCUT2D eigenvalue weighted by atomic mass is 32.1. The maximum absolute atomic E-state index is 13.7. The fourth-order valence-corrected chi connectivity index (χ4v) is 4.94. The number of halogens is 1. The third kappa shape index (κ3) is 5.60. The summed E-state index contributed by atoms with van der Waals surface area (Å²) < 4.78 is 19.0. The van der Waals surface area contributed by atoms with Gasteiger partial charge in [-0.15, -0.1) is 11.3 Å². The van der Waals surface area contributed by atoms with Crippen molar-refractivity contribution in [3.8, 4) is 5.75 Å². The van der Waals surface area contributed by atoms with E-state index in [2.05, 4.69) is 5.32 Å². The van der Waals surface area contributed by atoms with E-state index in [0.29, 0.717) is 17.0 Å². The number of nitrogens with one attached hydrogen (secondary N) is 1. The Labute approximate surface area is 197 Å². The number of amides is 2. The number of benzene rings is 2. The molecule has 5 nitrogen and oxygen atoms in total. The van der Waals surface area contributed by atoms with Crippen molar-refractivity contribution >= 4 is 28.8 Å². The van der Waals surface area contributed by atoms with Crippen LogP contribution < -0.4 is 15.0 Å². The van der Waals surface area contributed by atoms with Crippen LogP contribution in [0.3, 0.4) is 0 Å². The summed E-state index contributed by atoms with van der Waals surface area (Å²) >= 11 is 1.49. The molecule has 1 aliphatic rings. The van der Waals surface area contributed by atoms with Crippen LogP contribution in [-0.4, -0.2) is 25.0 Å². The molecule has 0 spiro atoms. The van der Waals surface area contributed by atoms with Gasteiger partial charge in [0.1, 0.15) is 17.6 Å². The highest BCUT2D eigenvalue weighted by Gasteiger charge is 2.34. The predicted octanol–water partition coefficient (Wildman–Crippen LogP) is 5.27. The summed E-state index contributed by atoms with van der Waals surface area (Å²) in [5, 5.41) is 5.06. The first-order valence-electron chi connectivity index (χ1n) is 11.1. The van der Waals surface area contributed by atoms with E-state index in [1.807, 2.05) is 17.5 Å². The number of rotatable bonds is 8. The van der Waals surface area contributed by atoms with E-state index < -0.39 is 11.9 Å². The molecule has 0 unspecified atom stereocenters. The molecule has 1 fully saturated rings. The number of nitrogens with zero attached hydrogens (tertiary/aromatic N) is 1. The van der Waals surface area contributed by atoms with E-state index in [1.165, 1.54) is 28.4 Å². The van der Waals surface area contributed by atoms with Crippen LogP contribution in [0.2, 0.25) is 0 Å². The first-order valence-corrected chi connectivity index (χ1v) is 12.0. The Morgan fingerprint density at radius 1 is 1.09 bits per heavy atom. The quantitative estimate of drug-likeness (QED) is 0.492. The largest absolute Gasteiger partial charge is 0.497 e. The summed E-state index contributed by atoms with van der Waals surface area (Å²) in [4.78, 5) is 29.6. The third-order valence-corrected chi connectivity index (χ3v) is 6.80. The lowest BCUT2D eigenvalue weighted by molar-refractivity contribution is -0.127. The van der Waals surface area contributed by atoms with Gasteiger partial charge in [0.05, 0.1) is 13.5 Å². The highest BCUT2D eigenvalue weighted by Crippen LogP contribution is 2.31. The Balaban J connectivity index is 1.75. The number of ether oxygens (including phenoxy) is 1. The van der Waals surface area contributed by atoms with Crippen LogP contribution in [0.15, 0.2) is 66.0 Å². The topological polar surface area (TPSA) is 58.6 Å². The summed E-state index contributed by atoms with van der Waals surface area (Å²) in [6.45, 7) is 0. The first kappa shape index (κ1) is 23.0. The molecule has 0 radical (unpaired) electrons. The van der Waals surface area contributed by atoms with Gasteiger partial charge in [0.15, 0.2) is 0 Å². The molecule has 0 aliphatic heterocycles. The van der Waals surface area contributed by atoms with Gasteiger partial charge in [-0.25, -0.2) is 4.39 Å². The zero-order valence-electron chi connectivity index (χ0n) is 18.5. The van der Waals surface area contributed by atoms with Gasteiger partial charge in [-0.3, -0.25) is 14.5 Å². The van der Waals surface area contributed by atoms with Crippen LogP contribution in [0.1, 0.15) is 42.2 Å². The van der Waals surface area contributed by atoms with Crippen molar-refractivity contribution in [2.45, 2.75) is 44.2 Å². The summed E-state index contributed by atoms with van der Waals surface area (Å²) in [6, 6.07) is 15.8. The molecule has 3 aromatic rings. The average Bonchev–Trinajstić information content (AvgIpc) is 3.53. The van der Waals surface area contributed by atoms with Gasteiger partial charge in [0, 0.05) is 16.6 Å². The van der Waals surface area contributed by atoms with Gasteiger partial charge >= 0.3 is 0 Å². The third-order valence-electron chi connectivity index (χ3n) is 5.92. The Morgan fingerprint density at radius 2 is 1.79 bits per heavy atom. The summed E-state index contributed by atoms with van der Waals surface area (Å²) in [6.07, 6.45) is 4.17. The molecule has 1 N–H and O–H groups in total. The molecule has 7 heteroatoms. The van der Waals surface area contributed by atoms with Crippen molar-refractivity contribution < 1.29 is 18.7 Å². The van der Waals surface area contributed by atoms with E-state index in [1.54, 1.807) is 43.5 Å². The lowest BCUT2D eigenvalue weighted by Crippen LogP contribution is -2.46. The SMILES string of the molecule is COc1ccc([C@@H](C(=O)NC2CCCC2)N(C(=O)Cc2cccs2)c2ccc(F)cc2)cc1. The molecule has 0 saturated heterocycles. The van der Waals surface area contributed by atoms with Gasteiger partial charge in [-0.05, 0) is 66.2 Å². The van der Waals surface area contributed by atoms with Crippen LogP contribution in [-0.2, 0) is 16.0 Å². The fraction of sp³-hybridized carbons (Fsp3) is 0.308. The number of carbonyl (C=O) groups is 2. The summed E-state index contributed by atoms with van der Waals surface area (Å²) in [5.74, 6) is -0.213. The minimum atomic E-state index is -0.894. The Bertz CT molecular complexity index is 1060. The minimum Gasteiger partial charge on any atom is -0.497 e. The smallest absolute Gasteiger partial charge is 0.248 e. The number of hydrogen-bond donors (Lipinski definition) is 1. The van der Waals surface area contributed by atoms with E-state index >= 15 is 0 Å². The Morgan fingerprint density at radius 3 is 2.39 bits per heavy atom. The first-order chi connectivity index (χ1) is 16.0.